The van der Waals surface area contributed by atoms with Gasteiger partial charge in [0.1, 0.15) is 10.6 Å². The van der Waals surface area contributed by atoms with Gasteiger partial charge in [0, 0.05) is 5.69 Å². The van der Waals surface area contributed by atoms with Crippen LogP contribution in [-0.4, -0.2) is 21.4 Å². The summed E-state index contributed by atoms with van der Waals surface area (Å²) in [4.78, 5) is 12.8. The number of nitrogens with one attached hydrogen (secondary N) is 2. The molecule has 2 N–H and O–H groups in total. The van der Waals surface area contributed by atoms with Gasteiger partial charge >= 0.3 is 0 Å². The van der Waals surface area contributed by atoms with Gasteiger partial charge in [-0.05, 0) is 47.8 Å². The van der Waals surface area contributed by atoms with E-state index < -0.39 is 10.0 Å². The lowest BCUT2D eigenvalue weighted by atomic mass is 10.3. The topological polar surface area (TPSA) is 84.5 Å². The standard InChI is InChI=1S/C18H16N2O4S2/c1-24-14-7-9-15(10-8-14)26(22,23)20-16-11-12-25-17(16)18(21)19-13-5-3-2-4-6-13/h2-12,20H,1H3,(H,19,21). The third-order valence-corrected chi connectivity index (χ3v) is 5.81. The molecule has 1 heterocycles. The highest BCUT2D eigenvalue weighted by molar-refractivity contribution is 7.92. The average Bonchev–Trinajstić information content (AvgIpc) is 3.10. The van der Waals surface area contributed by atoms with E-state index in [0.717, 1.165) is 11.3 Å². The zero-order chi connectivity index (χ0) is 18.6. The number of carbonyl (C=O) groups excluding carboxylic acids is 1. The van der Waals surface area contributed by atoms with Gasteiger partial charge in [-0.1, -0.05) is 18.2 Å². The van der Waals surface area contributed by atoms with Crippen molar-refractivity contribution in [1.29, 1.82) is 0 Å². The van der Waals surface area contributed by atoms with E-state index >= 15 is 0 Å². The smallest absolute Gasteiger partial charge is 0.267 e. The Morgan fingerprint density at radius 3 is 2.35 bits per heavy atom. The number of para-hydroxylation sites is 1. The zero-order valence-electron chi connectivity index (χ0n) is 13.8. The highest BCUT2D eigenvalue weighted by Crippen LogP contribution is 2.27. The Bertz CT molecular complexity index is 997. The molecule has 0 saturated heterocycles. The summed E-state index contributed by atoms with van der Waals surface area (Å²) in [7, 11) is -2.31. The molecule has 1 amide bonds. The second-order valence-electron chi connectivity index (χ2n) is 5.26. The van der Waals surface area contributed by atoms with Gasteiger partial charge in [-0.3, -0.25) is 9.52 Å². The van der Waals surface area contributed by atoms with Gasteiger partial charge in [-0.2, -0.15) is 0 Å². The largest absolute Gasteiger partial charge is 0.497 e. The third-order valence-electron chi connectivity index (χ3n) is 3.52. The van der Waals surface area contributed by atoms with Crippen LogP contribution in [0.3, 0.4) is 0 Å². The first kappa shape index (κ1) is 18.0. The number of hydrogen-bond donors (Lipinski definition) is 2. The SMILES string of the molecule is COc1ccc(S(=O)(=O)Nc2ccsc2C(=O)Nc2ccccc2)cc1. The number of sulfonamides is 1. The second-order valence-corrected chi connectivity index (χ2v) is 7.86. The minimum Gasteiger partial charge on any atom is -0.497 e. The third kappa shape index (κ3) is 4.04. The van der Waals surface area contributed by atoms with Crippen LogP contribution in [0.4, 0.5) is 11.4 Å². The molecule has 0 radical (unpaired) electrons. The predicted octanol–water partition coefficient (Wildman–Crippen LogP) is 3.81. The summed E-state index contributed by atoms with van der Waals surface area (Å²) in [6.45, 7) is 0. The summed E-state index contributed by atoms with van der Waals surface area (Å²) in [6.07, 6.45) is 0. The zero-order valence-corrected chi connectivity index (χ0v) is 15.4. The first-order chi connectivity index (χ1) is 12.5. The highest BCUT2D eigenvalue weighted by Gasteiger charge is 2.20. The fourth-order valence-corrected chi connectivity index (χ4v) is 4.11. The van der Waals surface area contributed by atoms with E-state index in [1.165, 1.54) is 19.2 Å². The molecule has 8 heteroatoms. The number of benzene rings is 2. The number of hydrogen-bond acceptors (Lipinski definition) is 5. The van der Waals surface area contributed by atoms with Crippen LogP contribution >= 0.6 is 11.3 Å². The number of thiophene rings is 1. The molecular formula is C18H16N2O4S2. The van der Waals surface area contributed by atoms with Crippen LogP contribution in [-0.2, 0) is 10.0 Å². The lowest BCUT2D eigenvalue weighted by Gasteiger charge is -2.10. The maximum absolute atomic E-state index is 12.6. The van der Waals surface area contributed by atoms with Crippen LogP contribution in [0, 0.1) is 0 Å². The van der Waals surface area contributed by atoms with Crippen molar-refractivity contribution < 1.29 is 17.9 Å². The molecule has 0 fully saturated rings. The summed E-state index contributed by atoms with van der Waals surface area (Å²) in [5, 5.41) is 4.40. The van der Waals surface area contributed by atoms with E-state index in [1.54, 1.807) is 47.8 Å². The van der Waals surface area contributed by atoms with E-state index in [-0.39, 0.29) is 21.4 Å². The molecule has 134 valence electrons. The van der Waals surface area contributed by atoms with Crippen molar-refractivity contribution in [1.82, 2.24) is 0 Å². The summed E-state index contributed by atoms with van der Waals surface area (Å²) >= 11 is 1.16. The molecule has 2 aromatic carbocycles. The summed E-state index contributed by atoms with van der Waals surface area (Å²) in [6, 6.07) is 16.5. The van der Waals surface area contributed by atoms with Crippen molar-refractivity contribution in [3.8, 4) is 5.75 Å². The number of carbonyl (C=O) groups is 1. The maximum Gasteiger partial charge on any atom is 0.267 e. The molecule has 0 bridgehead atoms. The fourth-order valence-electron chi connectivity index (χ4n) is 2.23. The molecule has 3 rings (SSSR count). The number of methoxy groups -OCH3 is 1. The Balaban J connectivity index is 1.80. The molecule has 0 aliphatic carbocycles. The minimum absolute atomic E-state index is 0.0823. The lowest BCUT2D eigenvalue weighted by Crippen LogP contribution is -2.17. The van der Waals surface area contributed by atoms with Crippen LogP contribution in [0.5, 0.6) is 5.75 Å². The molecule has 6 nitrogen and oxygen atoms in total. The first-order valence-corrected chi connectivity index (χ1v) is 9.96. The Hall–Kier alpha value is -2.84. The molecule has 0 aliphatic rings. The van der Waals surface area contributed by atoms with Crippen LogP contribution in [0.2, 0.25) is 0 Å². The molecule has 0 saturated carbocycles. The summed E-state index contributed by atoms with van der Waals surface area (Å²) in [5.74, 6) is 0.182. The van der Waals surface area contributed by atoms with Crippen LogP contribution in [0.15, 0.2) is 70.9 Å². The summed E-state index contributed by atoms with van der Waals surface area (Å²) in [5.41, 5.74) is 0.870. The van der Waals surface area contributed by atoms with E-state index in [4.69, 9.17) is 4.74 Å². The van der Waals surface area contributed by atoms with Crippen molar-refractivity contribution in [2.24, 2.45) is 0 Å². The highest BCUT2D eigenvalue weighted by atomic mass is 32.2. The predicted molar refractivity (Wildman–Crippen MR) is 103 cm³/mol. The van der Waals surface area contributed by atoms with E-state index in [2.05, 4.69) is 10.0 Å². The molecule has 0 unspecified atom stereocenters. The quantitative estimate of drug-likeness (QED) is 0.672. The lowest BCUT2D eigenvalue weighted by molar-refractivity contribution is 0.103. The molecule has 0 spiro atoms. The van der Waals surface area contributed by atoms with Crippen molar-refractivity contribution in [3.63, 3.8) is 0 Å². The maximum atomic E-state index is 12.6. The first-order valence-electron chi connectivity index (χ1n) is 7.60. The van der Waals surface area contributed by atoms with Gasteiger partial charge in [-0.25, -0.2) is 8.42 Å². The monoisotopic (exact) mass is 388 g/mol. The van der Waals surface area contributed by atoms with Gasteiger partial charge in [0.2, 0.25) is 0 Å². The molecule has 0 atom stereocenters. The van der Waals surface area contributed by atoms with Crippen molar-refractivity contribution in [2.75, 3.05) is 17.1 Å². The normalized spacial score (nSPS) is 11.0. The second kappa shape index (κ2) is 7.59. The Kier molecular flexibility index (Phi) is 5.24. The van der Waals surface area contributed by atoms with Crippen LogP contribution < -0.4 is 14.8 Å². The molecular weight excluding hydrogens is 372 g/mol. The van der Waals surface area contributed by atoms with E-state index in [0.29, 0.717) is 11.4 Å². The average molecular weight is 388 g/mol. The molecule has 3 aromatic rings. The van der Waals surface area contributed by atoms with Gasteiger partial charge in [0.15, 0.2) is 0 Å². The molecule has 1 aromatic heterocycles. The number of anilines is 2. The van der Waals surface area contributed by atoms with E-state index in [1.807, 2.05) is 6.07 Å². The van der Waals surface area contributed by atoms with Crippen molar-refractivity contribution >= 4 is 38.6 Å². The Morgan fingerprint density at radius 2 is 1.69 bits per heavy atom. The number of rotatable bonds is 6. The fraction of sp³-hybridized carbons (Fsp3) is 0.0556. The number of amides is 1. The van der Waals surface area contributed by atoms with Crippen LogP contribution in [0.1, 0.15) is 9.67 Å². The van der Waals surface area contributed by atoms with Gasteiger partial charge in [0.25, 0.3) is 15.9 Å². The molecule has 26 heavy (non-hydrogen) atoms. The minimum atomic E-state index is -3.82. The molecule has 0 aliphatic heterocycles. The van der Waals surface area contributed by atoms with Gasteiger partial charge < -0.3 is 10.1 Å². The Labute approximate surface area is 155 Å². The van der Waals surface area contributed by atoms with Crippen molar-refractivity contribution in [2.45, 2.75) is 4.90 Å². The van der Waals surface area contributed by atoms with Crippen LogP contribution in [0.25, 0.3) is 0 Å². The summed E-state index contributed by atoms with van der Waals surface area (Å²) < 4.78 is 32.6. The number of ether oxygens (including phenoxy) is 1. The van der Waals surface area contributed by atoms with Crippen molar-refractivity contribution in [3.05, 3.63) is 70.9 Å². The Morgan fingerprint density at radius 1 is 1.00 bits per heavy atom. The van der Waals surface area contributed by atoms with Gasteiger partial charge in [0.05, 0.1) is 17.7 Å². The van der Waals surface area contributed by atoms with E-state index in [9.17, 15) is 13.2 Å². The van der Waals surface area contributed by atoms with Gasteiger partial charge in [-0.15, -0.1) is 11.3 Å².